The Bertz CT molecular complexity index is 729. The zero-order valence-electron chi connectivity index (χ0n) is 12.9. The highest BCUT2D eigenvalue weighted by Gasteiger charge is 2.35. The van der Waals surface area contributed by atoms with Crippen LogP contribution in [0.1, 0.15) is 10.4 Å². The number of rotatable bonds is 4. The minimum absolute atomic E-state index is 0.0215. The van der Waals surface area contributed by atoms with Crippen LogP contribution in [0.3, 0.4) is 0 Å². The lowest BCUT2D eigenvalue weighted by atomic mass is 10.1. The molecule has 0 spiro atoms. The quantitative estimate of drug-likeness (QED) is 0.809. The monoisotopic (exact) mass is 355 g/mol. The summed E-state index contributed by atoms with van der Waals surface area (Å²) in [7, 11) is 2.30. The summed E-state index contributed by atoms with van der Waals surface area (Å²) in [6.07, 6.45) is 0. The number of carboxylic acid groups (broad SMARTS) is 1. The van der Waals surface area contributed by atoms with E-state index in [1.165, 1.54) is 23.1 Å². The first-order valence-electron chi connectivity index (χ1n) is 6.69. The lowest BCUT2D eigenvalue weighted by Gasteiger charge is -2.32. The average molecular weight is 356 g/mol. The van der Waals surface area contributed by atoms with E-state index in [4.69, 9.17) is 21.1 Å². The number of carbonyl (C=O) groups is 3. The topological polar surface area (TPSA) is 102 Å². The number of esters is 2. The van der Waals surface area contributed by atoms with Crippen LogP contribution in [0, 0.1) is 0 Å². The molecule has 0 atom stereocenters. The molecule has 9 heteroatoms. The van der Waals surface area contributed by atoms with Gasteiger partial charge < -0.3 is 24.2 Å². The summed E-state index contributed by atoms with van der Waals surface area (Å²) in [5.41, 5.74) is -0.398. The molecule has 1 aromatic carbocycles. The molecule has 0 unspecified atom stereocenters. The molecular weight excluding hydrogens is 342 g/mol. The van der Waals surface area contributed by atoms with Gasteiger partial charge in [-0.3, -0.25) is 0 Å². The summed E-state index contributed by atoms with van der Waals surface area (Å²) >= 11 is 6.13. The second kappa shape index (κ2) is 7.33. The van der Waals surface area contributed by atoms with E-state index >= 15 is 0 Å². The number of anilines is 1. The Morgan fingerprint density at radius 2 is 1.88 bits per heavy atom. The zero-order chi connectivity index (χ0) is 17.9. The number of nitrogens with zero attached hydrogens (tertiary/aromatic N) is 1. The second-order valence-electron chi connectivity index (χ2n) is 4.66. The first-order chi connectivity index (χ1) is 11.4. The average Bonchev–Trinajstić information content (AvgIpc) is 2.59. The fraction of sp³-hybridized carbons (Fsp3) is 0.267. The van der Waals surface area contributed by atoms with Crippen LogP contribution in [0.15, 0.2) is 29.5 Å². The van der Waals surface area contributed by atoms with Crippen LogP contribution >= 0.6 is 11.6 Å². The third-order valence-electron chi connectivity index (χ3n) is 3.32. The Balaban J connectivity index is 2.71. The SMILES string of the molecule is COC(=O)C1=C(C(=O)OC)N(c2c(Cl)cccc2C(=O)O)COC1. The molecule has 0 aliphatic carbocycles. The maximum Gasteiger partial charge on any atom is 0.355 e. The molecule has 1 aliphatic rings. The summed E-state index contributed by atoms with van der Waals surface area (Å²) in [6, 6.07) is 4.25. The van der Waals surface area contributed by atoms with Gasteiger partial charge >= 0.3 is 17.9 Å². The van der Waals surface area contributed by atoms with Gasteiger partial charge in [0.15, 0.2) is 0 Å². The molecule has 24 heavy (non-hydrogen) atoms. The van der Waals surface area contributed by atoms with Gasteiger partial charge in [-0.2, -0.15) is 0 Å². The highest BCUT2D eigenvalue weighted by molar-refractivity contribution is 6.34. The first-order valence-corrected chi connectivity index (χ1v) is 7.07. The minimum atomic E-state index is -1.25. The number of aromatic carboxylic acids is 1. The van der Waals surface area contributed by atoms with Gasteiger partial charge in [-0.15, -0.1) is 0 Å². The molecule has 1 aromatic rings. The summed E-state index contributed by atoms with van der Waals surface area (Å²) in [5, 5.41) is 9.45. The Labute approximate surface area is 142 Å². The van der Waals surface area contributed by atoms with Gasteiger partial charge in [-0.05, 0) is 12.1 Å². The molecule has 128 valence electrons. The van der Waals surface area contributed by atoms with Gasteiger partial charge in [0.05, 0.1) is 42.7 Å². The maximum atomic E-state index is 12.2. The minimum Gasteiger partial charge on any atom is -0.478 e. The van der Waals surface area contributed by atoms with Gasteiger partial charge in [-0.1, -0.05) is 17.7 Å². The van der Waals surface area contributed by atoms with Gasteiger partial charge in [-0.25, -0.2) is 14.4 Å². The fourth-order valence-electron chi connectivity index (χ4n) is 2.28. The van der Waals surface area contributed by atoms with Crippen LogP contribution in [-0.4, -0.2) is 50.6 Å². The van der Waals surface area contributed by atoms with Gasteiger partial charge in [0.25, 0.3) is 0 Å². The molecule has 1 N–H and O–H groups in total. The molecule has 0 saturated heterocycles. The standard InChI is InChI=1S/C15H14ClNO7/c1-22-14(20)9-6-24-7-17(12(9)15(21)23-2)11-8(13(18)19)4-3-5-10(11)16/h3-5H,6-7H2,1-2H3,(H,18,19). The fourth-order valence-corrected chi connectivity index (χ4v) is 2.56. The van der Waals surface area contributed by atoms with Crippen LogP contribution in [0.25, 0.3) is 0 Å². The molecular formula is C15H14ClNO7. The highest BCUT2D eigenvalue weighted by Crippen LogP contribution is 2.35. The molecule has 1 aliphatic heterocycles. The van der Waals surface area contributed by atoms with Gasteiger partial charge in [0.2, 0.25) is 0 Å². The number of carbonyl (C=O) groups excluding carboxylic acids is 2. The van der Waals surface area contributed by atoms with Gasteiger partial charge in [0.1, 0.15) is 12.4 Å². The number of hydrogen-bond acceptors (Lipinski definition) is 7. The molecule has 0 bridgehead atoms. The van der Waals surface area contributed by atoms with Crippen molar-refractivity contribution in [2.75, 3.05) is 32.5 Å². The van der Waals surface area contributed by atoms with Crippen LogP contribution in [0.4, 0.5) is 5.69 Å². The van der Waals surface area contributed by atoms with E-state index in [-0.39, 0.29) is 40.9 Å². The summed E-state index contributed by atoms with van der Waals surface area (Å²) in [4.78, 5) is 36.8. The van der Waals surface area contributed by atoms with Crippen LogP contribution in [0.2, 0.25) is 5.02 Å². The van der Waals surface area contributed by atoms with Crippen molar-refractivity contribution in [3.8, 4) is 0 Å². The Hall–Kier alpha value is -2.58. The van der Waals surface area contributed by atoms with Gasteiger partial charge in [0, 0.05) is 0 Å². The Morgan fingerprint density at radius 3 is 2.46 bits per heavy atom. The van der Waals surface area contributed by atoms with Crippen LogP contribution in [-0.2, 0) is 23.8 Å². The van der Waals surface area contributed by atoms with Crippen molar-refractivity contribution in [3.05, 3.63) is 40.1 Å². The smallest absolute Gasteiger partial charge is 0.355 e. The normalized spacial score (nSPS) is 14.4. The summed E-state index contributed by atoms with van der Waals surface area (Å²) in [5.74, 6) is -2.87. The van der Waals surface area contributed by atoms with Crippen molar-refractivity contribution in [1.82, 2.24) is 0 Å². The number of carboxylic acids is 1. The van der Waals surface area contributed by atoms with E-state index in [2.05, 4.69) is 4.74 Å². The van der Waals surface area contributed by atoms with E-state index in [0.717, 1.165) is 14.2 Å². The second-order valence-corrected chi connectivity index (χ2v) is 5.06. The lowest BCUT2D eigenvalue weighted by Crippen LogP contribution is -2.39. The van der Waals surface area contributed by atoms with Crippen LogP contribution < -0.4 is 4.90 Å². The van der Waals surface area contributed by atoms with Crippen molar-refractivity contribution in [3.63, 3.8) is 0 Å². The van der Waals surface area contributed by atoms with Crippen molar-refractivity contribution in [2.45, 2.75) is 0 Å². The number of para-hydroxylation sites is 1. The molecule has 8 nitrogen and oxygen atoms in total. The predicted molar refractivity (Wildman–Crippen MR) is 82.8 cm³/mol. The van der Waals surface area contributed by atoms with E-state index in [1.807, 2.05) is 0 Å². The van der Waals surface area contributed by atoms with Crippen molar-refractivity contribution in [1.29, 1.82) is 0 Å². The Morgan fingerprint density at radius 1 is 1.21 bits per heavy atom. The Kier molecular flexibility index (Phi) is 5.42. The predicted octanol–water partition coefficient (Wildman–Crippen LogP) is 1.43. The van der Waals surface area contributed by atoms with E-state index in [1.54, 1.807) is 0 Å². The zero-order valence-corrected chi connectivity index (χ0v) is 13.6. The van der Waals surface area contributed by atoms with Crippen molar-refractivity contribution in [2.24, 2.45) is 0 Å². The molecule has 0 aromatic heterocycles. The lowest BCUT2D eigenvalue weighted by molar-refractivity contribution is -0.140. The number of hydrogen-bond donors (Lipinski definition) is 1. The summed E-state index contributed by atoms with van der Waals surface area (Å²) < 4.78 is 14.7. The number of ether oxygens (including phenoxy) is 3. The summed E-state index contributed by atoms with van der Waals surface area (Å²) in [6.45, 7) is -0.366. The number of benzene rings is 1. The largest absolute Gasteiger partial charge is 0.478 e. The van der Waals surface area contributed by atoms with E-state index < -0.39 is 17.9 Å². The third-order valence-corrected chi connectivity index (χ3v) is 3.63. The van der Waals surface area contributed by atoms with Crippen LogP contribution in [0.5, 0.6) is 0 Å². The molecule has 0 saturated carbocycles. The van der Waals surface area contributed by atoms with E-state index in [9.17, 15) is 19.5 Å². The van der Waals surface area contributed by atoms with Crippen molar-refractivity contribution < 1.29 is 33.7 Å². The molecule has 0 fully saturated rings. The van der Waals surface area contributed by atoms with E-state index in [0.29, 0.717) is 0 Å². The third kappa shape index (κ3) is 3.19. The van der Waals surface area contributed by atoms with Crippen molar-refractivity contribution >= 4 is 35.2 Å². The first kappa shape index (κ1) is 17.8. The number of halogens is 1. The molecule has 1 heterocycles. The molecule has 0 radical (unpaired) electrons. The molecule has 2 rings (SSSR count). The molecule has 0 amide bonds. The highest BCUT2D eigenvalue weighted by atomic mass is 35.5. The number of methoxy groups -OCH3 is 2. The maximum absolute atomic E-state index is 12.2.